The van der Waals surface area contributed by atoms with E-state index in [9.17, 15) is 0 Å². The van der Waals surface area contributed by atoms with Crippen molar-refractivity contribution in [3.05, 3.63) is 21.6 Å². The predicted octanol–water partition coefficient (Wildman–Crippen LogP) is 1.63. The summed E-state index contributed by atoms with van der Waals surface area (Å²) in [5.74, 6) is 0. The Labute approximate surface area is 83.7 Å². The van der Waals surface area contributed by atoms with E-state index in [0.717, 1.165) is 21.6 Å². The van der Waals surface area contributed by atoms with E-state index in [1.165, 1.54) is 0 Å². The minimum atomic E-state index is 0.789. The average Bonchev–Trinajstić information content (AvgIpc) is 2.76. The lowest BCUT2D eigenvalue weighted by atomic mass is 10.5. The van der Waals surface area contributed by atoms with E-state index in [1.807, 2.05) is 12.4 Å². The topological polar surface area (TPSA) is 50.7 Å². The zero-order valence-corrected chi connectivity index (χ0v) is 8.65. The standard InChI is InChI=1S/C7H8N4S2/c1-8-7-11-10-6(13-7)4-5-9-2-3-12-5/h2-3H,4H2,1H3,(H,8,11). The number of nitrogens with one attached hydrogen (secondary N) is 1. The molecule has 2 rings (SSSR count). The fourth-order valence-electron chi connectivity index (χ4n) is 0.896. The quantitative estimate of drug-likeness (QED) is 0.840. The van der Waals surface area contributed by atoms with Crippen LogP contribution < -0.4 is 5.32 Å². The second kappa shape index (κ2) is 3.80. The van der Waals surface area contributed by atoms with Gasteiger partial charge in [0.1, 0.15) is 5.01 Å². The fraction of sp³-hybridized carbons (Fsp3) is 0.286. The molecule has 0 saturated heterocycles. The molecule has 4 nitrogen and oxygen atoms in total. The molecule has 2 aromatic rings. The van der Waals surface area contributed by atoms with Gasteiger partial charge >= 0.3 is 0 Å². The van der Waals surface area contributed by atoms with E-state index < -0.39 is 0 Å². The summed E-state index contributed by atoms with van der Waals surface area (Å²) in [6.45, 7) is 0. The summed E-state index contributed by atoms with van der Waals surface area (Å²) >= 11 is 3.21. The molecular weight excluding hydrogens is 204 g/mol. The second-order valence-electron chi connectivity index (χ2n) is 2.35. The molecule has 0 saturated carbocycles. The lowest BCUT2D eigenvalue weighted by Gasteiger charge is -1.87. The number of nitrogens with zero attached hydrogens (tertiary/aromatic N) is 3. The SMILES string of the molecule is CNc1nnc(Cc2nccs2)s1. The van der Waals surface area contributed by atoms with E-state index >= 15 is 0 Å². The molecule has 0 atom stereocenters. The Morgan fingerprint density at radius 2 is 2.31 bits per heavy atom. The molecular formula is C7H8N4S2. The summed E-state index contributed by atoms with van der Waals surface area (Å²) in [4.78, 5) is 4.18. The fourth-order valence-corrected chi connectivity index (χ4v) is 2.31. The highest BCUT2D eigenvalue weighted by Crippen LogP contribution is 2.18. The van der Waals surface area contributed by atoms with Crippen LogP contribution in [0.15, 0.2) is 11.6 Å². The van der Waals surface area contributed by atoms with Crippen LogP contribution >= 0.6 is 22.7 Å². The van der Waals surface area contributed by atoms with Gasteiger partial charge in [-0.05, 0) is 0 Å². The molecule has 0 aliphatic carbocycles. The molecule has 0 aromatic carbocycles. The van der Waals surface area contributed by atoms with Crippen LogP contribution in [-0.4, -0.2) is 22.2 Å². The van der Waals surface area contributed by atoms with Crippen molar-refractivity contribution < 1.29 is 0 Å². The van der Waals surface area contributed by atoms with Gasteiger partial charge in [-0.3, -0.25) is 0 Å². The molecule has 6 heteroatoms. The van der Waals surface area contributed by atoms with Crippen LogP contribution in [-0.2, 0) is 6.42 Å². The Hall–Kier alpha value is -1.01. The van der Waals surface area contributed by atoms with E-state index in [2.05, 4.69) is 20.5 Å². The van der Waals surface area contributed by atoms with Gasteiger partial charge in [-0.2, -0.15) is 0 Å². The van der Waals surface area contributed by atoms with Crippen LogP contribution in [0.3, 0.4) is 0 Å². The van der Waals surface area contributed by atoms with Crippen molar-refractivity contribution in [3.63, 3.8) is 0 Å². The molecule has 13 heavy (non-hydrogen) atoms. The smallest absolute Gasteiger partial charge is 0.205 e. The van der Waals surface area contributed by atoms with Crippen LogP contribution in [0.4, 0.5) is 5.13 Å². The van der Waals surface area contributed by atoms with Gasteiger partial charge in [0.05, 0.1) is 11.4 Å². The lowest BCUT2D eigenvalue weighted by Crippen LogP contribution is -1.85. The minimum absolute atomic E-state index is 0.789. The molecule has 0 amide bonds. The Morgan fingerprint density at radius 1 is 1.38 bits per heavy atom. The van der Waals surface area contributed by atoms with Gasteiger partial charge in [0.2, 0.25) is 5.13 Å². The van der Waals surface area contributed by atoms with E-state index in [0.29, 0.717) is 0 Å². The Balaban J connectivity index is 2.10. The normalized spacial score (nSPS) is 10.2. The minimum Gasteiger partial charge on any atom is -0.363 e. The summed E-state index contributed by atoms with van der Waals surface area (Å²) in [7, 11) is 1.84. The van der Waals surface area contributed by atoms with Crippen molar-refractivity contribution in [2.45, 2.75) is 6.42 Å². The van der Waals surface area contributed by atoms with Crippen LogP contribution in [0.2, 0.25) is 0 Å². The highest BCUT2D eigenvalue weighted by Gasteiger charge is 2.04. The predicted molar refractivity (Wildman–Crippen MR) is 54.4 cm³/mol. The molecule has 2 heterocycles. The van der Waals surface area contributed by atoms with Gasteiger partial charge < -0.3 is 5.32 Å². The van der Waals surface area contributed by atoms with Gasteiger partial charge in [0.15, 0.2) is 0 Å². The van der Waals surface area contributed by atoms with Gasteiger partial charge in [-0.1, -0.05) is 11.3 Å². The maximum Gasteiger partial charge on any atom is 0.205 e. The summed E-state index contributed by atoms with van der Waals surface area (Å²) in [6, 6.07) is 0. The zero-order valence-electron chi connectivity index (χ0n) is 7.02. The first kappa shape index (κ1) is 8.58. The third-order valence-corrected chi connectivity index (χ3v) is 3.19. The van der Waals surface area contributed by atoms with Crippen molar-refractivity contribution >= 4 is 27.8 Å². The third kappa shape index (κ3) is 2.02. The van der Waals surface area contributed by atoms with Gasteiger partial charge in [0, 0.05) is 18.6 Å². The number of rotatable bonds is 3. The molecule has 0 aliphatic heterocycles. The number of aromatic nitrogens is 3. The largest absolute Gasteiger partial charge is 0.363 e. The maximum absolute atomic E-state index is 4.18. The summed E-state index contributed by atoms with van der Waals surface area (Å²) < 4.78 is 0. The van der Waals surface area contributed by atoms with Gasteiger partial charge in [-0.25, -0.2) is 4.98 Å². The van der Waals surface area contributed by atoms with Gasteiger partial charge in [0.25, 0.3) is 0 Å². The Bertz CT molecular complexity index is 368. The second-order valence-corrected chi connectivity index (χ2v) is 4.39. The molecule has 0 spiro atoms. The van der Waals surface area contributed by atoms with E-state index in [-0.39, 0.29) is 0 Å². The molecule has 1 N–H and O–H groups in total. The Morgan fingerprint density at radius 3 is 2.92 bits per heavy atom. The molecule has 0 bridgehead atoms. The van der Waals surface area contributed by atoms with Crippen LogP contribution in [0.25, 0.3) is 0 Å². The van der Waals surface area contributed by atoms with Crippen molar-refractivity contribution in [2.24, 2.45) is 0 Å². The summed E-state index contributed by atoms with van der Waals surface area (Å²) in [5, 5.41) is 15.8. The molecule has 0 fully saturated rings. The lowest BCUT2D eigenvalue weighted by molar-refractivity contribution is 0.995. The monoisotopic (exact) mass is 212 g/mol. The molecule has 68 valence electrons. The highest BCUT2D eigenvalue weighted by atomic mass is 32.1. The van der Waals surface area contributed by atoms with Crippen molar-refractivity contribution in [2.75, 3.05) is 12.4 Å². The third-order valence-electron chi connectivity index (χ3n) is 1.47. The molecule has 0 unspecified atom stereocenters. The highest BCUT2D eigenvalue weighted by molar-refractivity contribution is 7.15. The molecule has 2 aromatic heterocycles. The molecule has 0 aliphatic rings. The van der Waals surface area contributed by atoms with Crippen LogP contribution in [0.5, 0.6) is 0 Å². The van der Waals surface area contributed by atoms with E-state index in [4.69, 9.17) is 0 Å². The van der Waals surface area contributed by atoms with Crippen molar-refractivity contribution in [3.8, 4) is 0 Å². The molecule has 0 radical (unpaired) electrons. The first-order chi connectivity index (χ1) is 6.38. The number of hydrogen-bond donors (Lipinski definition) is 1. The zero-order chi connectivity index (χ0) is 9.10. The first-order valence-corrected chi connectivity index (χ1v) is 5.46. The Kier molecular flexibility index (Phi) is 2.51. The van der Waals surface area contributed by atoms with E-state index in [1.54, 1.807) is 28.9 Å². The number of hydrogen-bond acceptors (Lipinski definition) is 6. The van der Waals surface area contributed by atoms with Crippen LogP contribution in [0.1, 0.15) is 10.0 Å². The number of anilines is 1. The van der Waals surface area contributed by atoms with Crippen molar-refractivity contribution in [1.82, 2.24) is 15.2 Å². The maximum atomic E-state index is 4.18. The summed E-state index contributed by atoms with van der Waals surface area (Å²) in [6.07, 6.45) is 2.59. The number of thiazole rings is 1. The first-order valence-electron chi connectivity index (χ1n) is 3.77. The van der Waals surface area contributed by atoms with Crippen LogP contribution in [0, 0.1) is 0 Å². The average molecular weight is 212 g/mol. The van der Waals surface area contributed by atoms with Crippen molar-refractivity contribution in [1.29, 1.82) is 0 Å². The van der Waals surface area contributed by atoms with Gasteiger partial charge in [-0.15, -0.1) is 21.5 Å². The summed E-state index contributed by atoms with van der Waals surface area (Å²) in [5.41, 5.74) is 0.